The average molecular weight is 353 g/mol. The van der Waals surface area contributed by atoms with Crippen LogP contribution in [0, 0.1) is 0 Å². The van der Waals surface area contributed by atoms with Gasteiger partial charge < -0.3 is 14.6 Å². The molecule has 0 radical (unpaired) electrons. The van der Waals surface area contributed by atoms with Crippen LogP contribution in [0.1, 0.15) is 5.56 Å². The number of thioether (sulfide) groups is 1. The number of rotatable bonds is 3. The molecule has 0 unspecified atom stereocenters. The van der Waals surface area contributed by atoms with Gasteiger partial charge in [0.2, 0.25) is 0 Å². The van der Waals surface area contributed by atoms with Crippen LogP contribution in [0.15, 0.2) is 45.8 Å². The minimum absolute atomic E-state index is 0.311. The molecule has 0 atom stereocenters. The Morgan fingerprint density at radius 2 is 1.80 bits per heavy atom. The van der Waals surface area contributed by atoms with Crippen molar-refractivity contribution in [2.45, 2.75) is 10.6 Å². The van der Waals surface area contributed by atoms with Crippen molar-refractivity contribution in [3.63, 3.8) is 0 Å². The Bertz CT molecular complexity index is 631. The zero-order valence-corrected chi connectivity index (χ0v) is 13.0. The summed E-state index contributed by atoms with van der Waals surface area (Å²) < 4.78 is 12.1. The van der Waals surface area contributed by atoms with Gasteiger partial charge in [-0.2, -0.15) is 0 Å². The van der Waals surface area contributed by atoms with Crippen molar-refractivity contribution in [3.05, 3.63) is 46.4 Å². The number of phenols is 1. The first-order valence-corrected chi connectivity index (χ1v) is 8.01. The number of benzene rings is 2. The van der Waals surface area contributed by atoms with Crippen LogP contribution in [0.4, 0.5) is 0 Å². The molecular weight excluding hydrogens is 340 g/mol. The third-order valence-corrected chi connectivity index (χ3v) is 4.81. The maximum absolute atomic E-state index is 9.77. The highest BCUT2D eigenvalue weighted by Gasteiger charge is 2.15. The Hall–Kier alpha value is -1.33. The van der Waals surface area contributed by atoms with Gasteiger partial charge in [0, 0.05) is 15.1 Å². The minimum atomic E-state index is 0.311. The van der Waals surface area contributed by atoms with E-state index in [1.54, 1.807) is 17.8 Å². The number of aromatic hydroxyl groups is 1. The van der Waals surface area contributed by atoms with Gasteiger partial charge in [-0.3, -0.25) is 0 Å². The van der Waals surface area contributed by atoms with E-state index in [0.29, 0.717) is 19.0 Å². The number of hydrogen-bond donors (Lipinski definition) is 1. The lowest BCUT2D eigenvalue weighted by Gasteiger charge is -2.19. The first-order chi connectivity index (χ1) is 9.74. The lowest BCUT2D eigenvalue weighted by Crippen LogP contribution is -2.15. The van der Waals surface area contributed by atoms with Crippen molar-refractivity contribution in [2.75, 3.05) is 13.2 Å². The lowest BCUT2D eigenvalue weighted by atomic mass is 10.2. The van der Waals surface area contributed by atoms with E-state index in [1.165, 1.54) is 0 Å². The largest absolute Gasteiger partial charge is 0.507 e. The molecule has 5 heteroatoms. The molecule has 0 aliphatic carbocycles. The van der Waals surface area contributed by atoms with Crippen LogP contribution in [0.25, 0.3) is 0 Å². The molecule has 20 heavy (non-hydrogen) atoms. The van der Waals surface area contributed by atoms with Gasteiger partial charge >= 0.3 is 0 Å². The van der Waals surface area contributed by atoms with E-state index in [2.05, 4.69) is 15.9 Å². The summed E-state index contributed by atoms with van der Waals surface area (Å²) in [6.07, 6.45) is 0. The Kier molecular flexibility index (Phi) is 4.08. The van der Waals surface area contributed by atoms with E-state index in [9.17, 15) is 5.11 Å². The molecule has 1 N–H and O–H groups in total. The molecule has 0 bridgehead atoms. The van der Waals surface area contributed by atoms with Crippen molar-refractivity contribution in [3.8, 4) is 17.2 Å². The quantitative estimate of drug-likeness (QED) is 0.839. The summed E-state index contributed by atoms with van der Waals surface area (Å²) in [5.41, 5.74) is 1.11. The summed E-state index contributed by atoms with van der Waals surface area (Å²) in [4.78, 5) is 0.870. The first-order valence-electron chi connectivity index (χ1n) is 6.23. The smallest absolute Gasteiger partial charge is 0.162 e. The highest BCUT2D eigenvalue weighted by Crippen LogP contribution is 2.38. The summed E-state index contributed by atoms with van der Waals surface area (Å²) in [6, 6.07) is 11.3. The standard InChI is InChI=1S/C15H13BrO3S/c16-11-8-14-13(18-5-6-19-14)7-10(11)9-20-15-4-2-1-3-12(15)17/h1-4,7-8,17H,5-6,9H2. The molecular formula is C15H13BrO3S. The van der Waals surface area contributed by atoms with Gasteiger partial charge in [-0.25, -0.2) is 0 Å². The summed E-state index contributed by atoms with van der Waals surface area (Å²) in [6.45, 7) is 1.17. The van der Waals surface area contributed by atoms with E-state index < -0.39 is 0 Å². The molecule has 1 heterocycles. The zero-order valence-electron chi connectivity index (χ0n) is 10.6. The van der Waals surface area contributed by atoms with E-state index in [1.807, 2.05) is 30.3 Å². The van der Waals surface area contributed by atoms with Crippen LogP contribution in [0.5, 0.6) is 17.2 Å². The van der Waals surface area contributed by atoms with E-state index in [4.69, 9.17) is 9.47 Å². The Morgan fingerprint density at radius 1 is 1.10 bits per heavy atom. The molecule has 0 saturated carbocycles. The molecule has 3 nitrogen and oxygen atoms in total. The van der Waals surface area contributed by atoms with Crippen LogP contribution in [-0.4, -0.2) is 18.3 Å². The Balaban J connectivity index is 1.79. The van der Waals surface area contributed by atoms with Crippen molar-refractivity contribution in [1.82, 2.24) is 0 Å². The highest BCUT2D eigenvalue weighted by molar-refractivity contribution is 9.10. The molecule has 0 amide bonds. The molecule has 0 saturated heterocycles. The Labute approximate surface area is 130 Å². The number of para-hydroxylation sites is 1. The zero-order chi connectivity index (χ0) is 13.9. The molecule has 2 aromatic rings. The number of ether oxygens (including phenoxy) is 2. The van der Waals surface area contributed by atoms with E-state index >= 15 is 0 Å². The molecule has 3 rings (SSSR count). The fourth-order valence-electron chi connectivity index (χ4n) is 1.95. The van der Waals surface area contributed by atoms with Crippen molar-refractivity contribution in [1.29, 1.82) is 0 Å². The molecule has 0 fully saturated rings. The van der Waals surface area contributed by atoms with Gasteiger partial charge in [-0.05, 0) is 29.8 Å². The highest BCUT2D eigenvalue weighted by atomic mass is 79.9. The van der Waals surface area contributed by atoms with Gasteiger partial charge in [0.1, 0.15) is 19.0 Å². The molecule has 104 valence electrons. The molecule has 0 spiro atoms. The van der Waals surface area contributed by atoms with Crippen LogP contribution < -0.4 is 9.47 Å². The van der Waals surface area contributed by atoms with Crippen LogP contribution in [-0.2, 0) is 5.75 Å². The topological polar surface area (TPSA) is 38.7 Å². The first kappa shape index (κ1) is 13.6. The average Bonchev–Trinajstić information content (AvgIpc) is 2.46. The van der Waals surface area contributed by atoms with Gasteiger partial charge in [0.25, 0.3) is 0 Å². The second-order valence-corrected chi connectivity index (χ2v) is 6.22. The number of fused-ring (bicyclic) bond motifs is 1. The van der Waals surface area contributed by atoms with E-state index in [0.717, 1.165) is 32.2 Å². The maximum Gasteiger partial charge on any atom is 0.162 e. The monoisotopic (exact) mass is 352 g/mol. The number of phenolic OH excluding ortho intramolecular Hbond substituents is 1. The number of halogens is 1. The number of hydrogen-bond acceptors (Lipinski definition) is 4. The van der Waals surface area contributed by atoms with Gasteiger partial charge in [0.15, 0.2) is 11.5 Å². The minimum Gasteiger partial charge on any atom is -0.507 e. The van der Waals surface area contributed by atoms with Crippen LogP contribution in [0.2, 0.25) is 0 Å². The van der Waals surface area contributed by atoms with Crippen molar-refractivity contribution >= 4 is 27.7 Å². The van der Waals surface area contributed by atoms with Gasteiger partial charge in [-0.15, -0.1) is 11.8 Å². The SMILES string of the molecule is Oc1ccccc1SCc1cc2c(cc1Br)OCCO2. The second kappa shape index (κ2) is 5.97. The molecule has 1 aliphatic rings. The summed E-state index contributed by atoms with van der Waals surface area (Å²) in [5.74, 6) is 2.62. The predicted molar refractivity (Wildman–Crippen MR) is 82.8 cm³/mol. The normalized spacial score (nSPS) is 13.2. The maximum atomic E-state index is 9.77. The third kappa shape index (κ3) is 2.88. The molecule has 2 aromatic carbocycles. The Morgan fingerprint density at radius 3 is 2.55 bits per heavy atom. The van der Waals surface area contributed by atoms with Crippen molar-refractivity contribution < 1.29 is 14.6 Å². The summed E-state index contributed by atoms with van der Waals surface area (Å²) in [5, 5.41) is 9.77. The summed E-state index contributed by atoms with van der Waals surface area (Å²) >= 11 is 5.14. The van der Waals surface area contributed by atoms with E-state index in [-0.39, 0.29) is 0 Å². The second-order valence-electron chi connectivity index (χ2n) is 4.34. The third-order valence-electron chi connectivity index (χ3n) is 2.96. The van der Waals surface area contributed by atoms with Crippen molar-refractivity contribution in [2.24, 2.45) is 0 Å². The summed E-state index contributed by atoms with van der Waals surface area (Å²) in [7, 11) is 0. The lowest BCUT2D eigenvalue weighted by molar-refractivity contribution is 0.171. The fraction of sp³-hybridized carbons (Fsp3) is 0.200. The van der Waals surface area contributed by atoms with Gasteiger partial charge in [0.05, 0.1) is 0 Å². The van der Waals surface area contributed by atoms with Crippen LogP contribution >= 0.6 is 27.7 Å². The molecule has 0 aromatic heterocycles. The van der Waals surface area contributed by atoms with Gasteiger partial charge in [-0.1, -0.05) is 28.1 Å². The van der Waals surface area contributed by atoms with Crippen LogP contribution in [0.3, 0.4) is 0 Å². The predicted octanol–water partition coefficient (Wildman–Crippen LogP) is 4.22. The molecule has 1 aliphatic heterocycles. The fourth-order valence-corrected chi connectivity index (χ4v) is 3.54.